The van der Waals surface area contributed by atoms with Crippen molar-refractivity contribution in [3.63, 3.8) is 0 Å². The van der Waals surface area contributed by atoms with Crippen molar-refractivity contribution in [1.29, 1.82) is 0 Å². The molecule has 9 heteroatoms. The van der Waals surface area contributed by atoms with Crippen LogP contribution in [0.2, 0.25) is 0 Å². The second kappa shape index (κ2) is 5.69. The van der Waals surface area contributed by atoms with Gasteiger partial charge in [0.2, 0.25) is 0 Å². The van der Waals surface area contributed by atoms with Gasteiger partial charge in [-0.3, -0.25) is 9.58 Å². The van der Waals surface area contributed by atoms with Crippen molar-refractivity contribution >= 4 is 5.78 Å². The van der Waals surface area contributed by atoms with Crippen molar-refractivity contribution < 1.29 is 10.2 Å². The average Bonchev–Trinajstić information content (AvgIpc) is 3.16. The van der Waals surface area contributed by atoms with E-state index in [1.807, 2.05) is 23.0 Å². The summed E-state index contributed by atoms with van der Waals surface area (Å²) in [5, 5.41) is 27.5. The minimum absolute atomic E-state index is 0.321. The Morgan fingerprint density at radius 1 is 1.26 bits per heavy atom. The third-order valence-electron chi connectivity index (χ3n) is 3.94. The van der Waals surface area contributed by atoms with Crippen molar-refractivity contribution in [3.8, 4) is 0 Å². The van der Waals surface area contributed by atoms with Gasteiger partial charge < -0.3 is 10.2 Å². The third-order valence-corrected chi connectivity index (χ3v) is 3.94. The van der Waals surface area contributed by atoms with Crippen LogP contribution in [0.15, 0.2) is 24.5 Å². The average molecular weight is 315 g/mol. The summed E-state index contributed by atoms with van der Waals surface area (Å²) in [5.74, 6) is 1.32. The number of hydrogen-bond acceptors (Lipinski definition) is 7. The SMILES string of the molecule is OC[C@H](O)c1cc2n(n1)CCN(Cc1nc3ncccn3n1)C2. The third kappa shape index (κ3) is 2.69. The largest absolute Gasteiger partial charge is 0.393 e. The summed E-state index contributed by atoms with van der Waals surface area (Å²) in [6.07, 6.45) is 2.60. The predicted octanol–water partition coefficient (Wildman–Crippen LogP) is -0.638. The molecule has 0 fully saturated rings. The lowest BCUT2D eigenvalue weighted by Crippen LogP contribution is -2.33. The van der Waals surface area contributed by atoms with E-state index in [9.17, 15) is 5.11 Å². The number of hydrogen-bond donors (Lipinski definition) is 2. The monoisotopic (exact) mass is 315 g/mol. The zero-order valence-corrected chi connectivity index (χ0v) is 12.4. The number of nitrogens with zero attached hydrogens (tertiary/aromatic N) is 7. The normalized spacial score (nSPS) is 16.6. The number of fused-ring (bicyclic) bond motifs is 2. The van der Waals surface area contributed by atoms with E-state index in [1.54, 1.807) is 10.7 Å². The highest BCUT2D eigenvalue weighted by Crippen LogP contribution is 2.18. The van der Waals surface area contributed by atoms with Crippen LogP contribution in [0, 0.1) is 0 Å². The summed E-state index contributed by atoms with van der Waals surface area (Å²) in [6.45, 7) is 2.57. The number of aliphatic hydroxyl groups is 2. The summed E-state index contributed by atoms with van der Waals surface area (Å²) >= 11 is 0. The van der Waals surface area contributed by atoms with Gasteiger partial charge in [-0.1, -0.05) is 0 Å². The Morgan fingerprint density at radius 3 is 3.00 bits per heavy atom. The van der Waals surface area contributed by atoms with Crippen LogP contribution in [-0.2, 0) is 19.6 Å². The molecule has 0 unspecified atom stereocenters. The molecule has 1 aliphatic rings. The molecule has 4 heterocycles. The minimum Gasteiger partial charge on any atom is -0.393 e. The molecule has 3 aromatic heterocycles. The van der Waals surface area contributed by atoms with Crippen LogP contribution in [-0.4, -0.2) is 57.6 Å². The maximum absolute atomic E-state index is 9.69. The molecule has 4 rings (SSSR count). The molecule has 0 aliphatic carbocycles. The van der Waals surface area contributed by atoms with E-state index in [0.29, 0.717) is 24.6 Å². The molecular formula is C14H17N7O2. The maximum atomic E-state index is 9.69. The fraction of sp³-hybridized carbons (Fsp3) is 0.429. The molecule has 1 atom stereocenters. The number of rotatable bonds is 4. The van der Waals surface area contributed by atoms with E-state index in [2.05, 4.69) is 25.1 Å². The smallest absolute Gasteiger partial charge is 0.252 e. The van der Waals surface area contributed by atoms with Crippen molar-refractivity contribution in [2.24, 2.45) is 0 Å². The molecule has 120 valence electrons. The lowest BCUT2D eigenvalue weighted by molar-refractivity contribution is 0.0915. The first kappa shape index (κ1) is 14.2. The first-order chi connectivity index (χ1) is 11.2. The van der Waals surface area contributed by atoms with Gasteiger partial charge in [-0.2, -0.15) is 10.1 Å². The highest BCUT2D eigenvalue weighted by atomic mass is 16.3. The second-order valence-corrected chi connectivity index (χ2v) is 5.59. The van der Waals surface area contributed by atoms with Crippen LogP contribution in [0.3, 0.4) is 0 Å². The lowest BCUT2D eigenvalue weighted by Gasteiger charge is -2.26. The van der Waals surface area contributed by atoms with E-state index >= 15 is 0 Å². The van der Waals surface area contributed by atoms with Gasteiger partial charge in [0.15, 0.2) is 5.82 Å². The zero-order chi connectivity index (χ0) is 15.8. The van der Waals surface area contributed by atoms with Gasteiger partial charge >= 0.3 is 0 Å². The Morgan fingerprint density at radius 2 is 2.17 bits per heavy atom. The van der Waals surface area contributed by atoms with Crippen molar-refractivity contribution in [2.75, 3.05) is 13.2 Å². The van der Waals surface area contributed by atoms with Crippen LogP contribution in [0.5, 0.6) is 0 Å². The van der Waals surface area contributed by atoms with E-state index in [0.717, 1.165) is 24.6 Å². The van der Waals surface area contributed by atoms with Crippen molar-refractivity contribution in [2.45, 2.75) is 25.7 Å². The van der Waals surface area contributed by atoms with Gasteiger partial charge in [-0.15, -0.1) is 5.10 Å². The Kier molecular flexibility index (Phi) is 3.52. The summed E-state index contributed by atoms with van der Waals surface area (Å²) in [5.41, 5.74) is 1.53. The fourth-order valence-electron chi connectivity index (χ4n) is 2.78. The topological polar surface area (TPSA) is 105 Å². The van der Waals surface area contributed by atoms with Crippen LogP contribution in [0.4, 0.5) is 0 Å². The Hall–Kier alpha value is -2.36. The van der Waals surface area contributed by atoms with Gasteiger partial charge in [0.05, 0.1) is 31.1 Å². The summed E-state index contributed by atoms with van der Waals surface area (Å²) in [4.78, 5) is 10.8. The van der Waals surface area contributed by atoms with Crippen LogP contribution in [0.25, 0.3) is 5.78 Å². The molecule has 0 saturated heterocycles. The first-order valence-corrected chi connectivity index (χ1v) is 7.47. The van der Waals surface area contributed by atoms with Crippen LogP contribution >= 0.6 is 0 Å². The number of aliphatic hydroxyl groups excluding tert-OH is 2. The molecule has 9 nitrogen and oxygen atoms in total. The molecule has 0 aromatic carbocycles. The maximum Gasteiger partial charge on any atom is 0.252 e. The highest BCUT2D eigenvalue weighted by Gasteiger charge is 2.22. The highest BCUT2D eigenvalue weighted by molar-refractivity contribution is 5.25. The lowest BCUT2D eigenvalue weighted by atomic mass is 10.2. The first-order valence-electron chi connectivity index (χ1n) is 7.47. The summed E-state index contributed by atoms with van der Waals surface area (Å²) in [6, 6.07) is 3.66. The molecule has 1 aliphatic heterocycles. The van der Waals surface area contributed by atoms with E-state index in [4.69, 9.17) is 5.11 Å². The standard InChI is InChI=1S/C14H17N7O2/c22-9-12(23)11-6-10-7-19(4-5-20(10)17-11)8-13-16-14-15-2-1-3-21(14)18-13/h1-3,6,12,22-23H,4-5,7-9H2/t12-/m0/s1. The molecule has 0 saturated carbocycles. The van der Waals surface area contributed by atoms with Gasteiger partial charge in [-0.25, -0.2) is 9.50 Å². The molecule has 23 heavy (non-hydrogen) atoms. The summed E-state index contributed by atoms with van der Waals surface area (Å²) in [7, 11) is 0. The van der Waals surface area contributed by atoms with Gasteiger partial charge in [0.1, 0.15) is 6.10 Å². The molecular weight excluding hydrogens is 298 g/mol. The Balaban J connectivity index is 1.50. The Labute approximate surface area is 131 Å². The van der Waals surface area contributed by atoms with Crippen LogP contribution in [0.1, 0.15) is 23.3 Å². The molecule has 0 radical (unpaired) electrons. The van der Waals surface area contributed by atoms with E-state index in [-0.39, 0.29) is 6.61 Å². The minimum atomic E-state index is -0.923. The fourth-order valence-corrected chi connectivity index (χ4v) is 2.78. The molecule has 3 aromatic rings. The van der Waals surface area contributed by atoms with Gasteiger partial charge in [0, 0.05) is 25.5 Å². The predicted molar refractivity (Wildman–Crippen MR) is 79.2 cm³/mol. The molecule has 0 bridgehead atoms. The molecule has 2 N–H and O–H groups in total. The Bertz CT molecular complexity index is 795. The van der Waals surface area contributed by atoms with Crippen LogP contribution < -0.4 is 0 Å². The van der Waals surface area contributed by atoms with Gasteiger partial charge in [0.25, 0.3) is 5.78 Å². The van der Waals surface area contributed by atoms with Crippen molar-refractivity contribution in [3.05, 3.63) is 41.7 Å². The van der Waals surface area contributed by atoms with Crippen molar-refractivity contribution in [1.82, 2.24) is 34.3 Å². The van der Waals surface area contributed by atoms with E-state index < -0.39 is 6.10 Å². The van der Waals surface area contributed by atoms with Gasteiger partial charge in [-0.05, 0) is 12.1 Å². The molecule has 0 spiro atoms. The quantitative estimate of drug-likeness (QED) is 0.660. The molecule has 0 amide bonds. The second-order valence-electron chi connectivity index (χ2n) is 5.59. The zero-order valence-electron chi connectivity index (χ0n) is 12.4. The number of aromatic nitrogens is 6. The summed E-state index contributed by atoms with van der Waals surface area (Å²) < 4.78 is 3.54. The van der Waals surface area contributed by atoms with E-state index in [1.165, 1.54) is 0 Å².